The van der Waals surface area contributed by atoms with Gasteiger partial charge in [0.1, 0.15) is 11.5 Å². The van der Waals surface area contributed by atoms with Crippen LogP contribution in [0.4, 0.5) is 11.5 Å². The molecule has 8 nitrogen and oxygen atoms in total. The van der Waals surface area contributed by atoms with E-state index in [9.17, 15) is 14.4 Å². The number of amides is 3. The van der Waals surface area contributed by atoms with Gasteiger partial charge in [0.15, 0.2) is 0 Å². The maximum atomic E-state index is 13.2. The van der Waals surface area contributed by atoms with Crippen molar-refractivity contribution in [1.82, 2.24) is 14.8 Å². The number of benzene rings is 1. The van der Waals surface area contributed by atoms with Gasteiger partial charge in [-0.1, -0.05) is 24.3 Å². The van der Waals surface area contributed by atoms with Crippen LogP contribution in [0.5, 0.6) is 0 Å². The van der Waals surface area contributed by atoms with Crippen molar-refractivity contribution in [2.75, 3.05) is 42.9 Å². The number of nitrogens with zero attached hydrogens (tertiary/aromatic N) is 4. The summed E-state index contributed by atoms with van der Waals surface area (Å²) in [7, 11) is 0. The van der Waals surface area contributed by atoms with E-state index in [-0.39, 0.29) is 24.3 Å². The number of aromatic nitrogens is 1. The van der Waals surface area contributed by atoms with Gasteiger partial charge in [-0.25, -0.2) is 4.98 Å². The first-order valence-corrected chi connectivity index (χ1v) is 10.5. The number of rotatable bonds is 6. The third kappa shape index (κ3) is 4.12. The third-order valence-electron chi connectivity index (χ3n) is 5.52. The van der Waals surface area contributed by atoms with E-state index in [0.29, 0.717) is 48.7 Å². The normalized spacial score (nSPS) is 16.6. The van der Waals surface area contributed by atoms with E-state index in [1.165, 1.54) is 11.8 Å². The Morgan fingerprint density at radius 3 is 2.31 bits per heavy atom. The van der Waals surface area contributed by atoms with Gasteiger partial charge in [0.25, 0.3) is 11.8 Å². The van der Waals surface area contributed by atoms with E-state index in [1.807, 2.05) is 23.1 Å². The molecule has 0 bridgehead atoms. The Bertz CT molecular complexity index is 1070. The molecular weight excluding hydrogens is 406 g/mol. The Hall–Kier alpha value is -3.94. The van der Waals surface area contributed by atoms with Gasteiger partial charge < -0.3 is 15.1 Å². The number of carbonyl (C=O) groups is 3. The van der Waals surface area contributed by atoms with E-state index < -0.39 is 0 Å². The summed E-state index contributed by atoms with van der Waals surface area (Å²) in [5, 5.41) is 2.71. The minimum Gasteiger partial charge on any atom is -0.363 e. The van der Waals surface area contributed by atoms with Crippen LogP contribution >= 0.6 is 0 Å². The molecule has 1 N–H and O–H groups in total. The summed E-state index contributed by atoms with van der Waals surface area (Å²) in [6.45, 7) is 7.85. The summed E-state index contributed by atoms with van der Waals surface area (Å²) in [6.07, 6.45) is 3.31. The molecule has 0 radical (unpaired) electrons. The quantitative estimate of drug-likeness (QED) is 0.557. The zero-order valence-corrected chi connectivity index (χ0v) is 18.0. The standard InChI is InChI=1S/C24H25N5O3/c1-3-12-29-23(31)21(18-7-9-19(10-8-18)26-17(2)30)22(24(29)32)28-15-13-27(14-16-28)20-6-4-5-11-25-20/h3-11H,1,12-16H2,2H3,(H,26,30). The van der Waals surface area contributed by atoms with E-state index >= 15 is 0 Å². The molecule has 1 saturated heterocycles. The average Bonchev–Trinajstić information content (AvgIpc) is 3.05. The van der Waals surface area contributed by atoms with Crippen molar-refractivity contribution in [1.29, 1.82) is 0 Å². The van der Waals surface area contributed by atoms with Gasteiger partial charge >= 0.3 is 0 Å². The van der Waals surface area contributed by atoms with E-state index in [1.54, 1.807) is 36.5 Å². The minimum absolute atomic E-state index is 0.155. The molecule has 8 heteroatoms. The monoisotopic (exact) mass is 431 g/mol. The molecular formula is C24H25N5O3. The molecule has 3 heterocycles. The number of piperazine rings is 1. The molecule has 0 saturated carbocycles. The topological polar surface area (TPSA) is 85.8 Å². The fraction of sp³-hybridized carbons (Fsp3) is 0.250. The lowest BCUT2D eigenvalue weighted by atomic mass is 10.0. The average molecular weight is 431 g/mol. The highest BCUT2D eigenvalue weighted by Crippen LogP contribution is 2.33. The first kappa shape index (κ1) is 21.3. The number of imide groups is 1. The molecule has 2 aliphatic heterocycles. The first-order chi connectivity index (χ1) is 15.5. The highest BCUT2D eigenvalue weighted by Gasteiger charge is 2.41. The minimum atomic E-state index is -0.329. The van der Waals surface area contributed by atoms with Crippen molar-refractivity contribution in [3.8, 4) is 0 Å². The second-order valence-corrected chi connectivity index (χ2v) is 7.65. The molecule has 0 spiro atoms. The number of hydrogen-bond acceptors (Lipinski definition) is 6. The fourth-order valence-electron chi connectivity index (χ4n) is 4.04. The molecule has 164 valence electrons. The molecule has 4 rings (SSSR count). The molecule has 2 aromatic rings. The van der Waals surface area contributed by atoms with Crippen molar-refractivity contribution in [2.45, 2.75) is 6.92 Å². The molecule has 0 atom stereocenters. The summed E-state index contributed by atoms with van der Waals surface area (Å²) >= 11 is 0. The van der Waals surface area contributed by atoms with Crippen LogP contribution in [-0.2, 0) is 14.4 Å². The van der Waals surface area contributed by atoms with Gasteiger partial charge in [-0.3, -0.25) is 19.3 Å². The van der Waals surface area contributed by atoms with E-state index in [2.05, 4.69) is 21.8 Å². The third-order valence-corrected chi connectivity index (χ3v) is 5.52. The SMILES string of the molecule is C=CCN1C(=O)C(c2ccc(NC(C)=O)cc2)=C(N2CCN(c3ccccn3)CC2)C1=O. The van der Waals surface area contributed by atoms with Gasteiger partial charge in [0, 0.05) is 51.5 Å². The van der Waals surface area contributed by atoms with Crippen LogP contribution in [0, 0.1) is 0 Å². The maximum absolute atomic E-state index is 13.2. The lowest BCUT2D eigenvalue weighted by molar-refractivity contribution is -0.137. The van der Waals surface area contributed by atoms with Crippen molar-refractivity contribution in [3.63, 3.8) is 0 Å². The first-order valence-electron chi connectivity index (χ1n) is 10.5. The van der Waals surface area contributed by atoms with Crippen LogP contribution in [-0.4, -0.2) is 65.2 Å². The lowest BCUT2D eigenvalue weighted by Gasteiger charge is -2.37. The van der Waals surface area contributed by atoms with Crippen LogP contribution in [0.25, 0.3) is 5.57 Å². The van der Waals surface area contributed by atoms with Crippen molar-refractivity contribution in [3.05, 3.63) is 72.6 Å². The summed E-state index contributed by atoms with van der Waals surface area (Å²) in [5.74, 6) is 0.0937. The molecule has 1 aromatic heterocycles. The zero-order chi connectivity index (χ0) is 22.7. The molecule has 32 heavy (non-hydrogen) atoms. The number of nitrogens with one attached hydrogen (secondary N) is 1. The highest BCUT2D eigenvalue weighted by molar-refractivity contribution is 6.35. The maximum Gasteiger partial charge on any atom is 0.278 e. The Morgan fingerprint density at radius 2 is 1.72 bits per heavy atom. The largest absolute Gasteiger partial charge is 0.363 e. The Morgan fingerprint density at radius 1 is 1.03 bits per heavy atom. The van der Waals surface area contributed by atoms with Crippen molar-refractivity contribution >= 4 is 34.8 Å². The number of hydrogen-bond donors (Lipinski definition) is 1. The van der Waals surface area contributed by atoms with Crippen LogP contribution in [0.3, 0.4) is 0 Å². The number of carbonyl (C=O) groups excluding carboxylic acids is 3. The second kappa shape index (κ2) is 9.05. The van der Waals surface area contributed by atoms with Gasteiger partial charge in [-0.05, 0) is 29.8 Å². The number of anilines is 2. The predicted octanol–water partition coefficient (Wildman–Crippen LogP) is 2.13. The lowest BCUT2D eigenvalue weighted by Crippen LogP contribution is -2.47. The molecule has 2 aliphatic rings. The summed E-state index contributed by atoms with van der Waals surface area (Å²) < 4.78 is 0. The Balaban J connectivity index is 1.63. The summed E-state index contributed by atoms with van der Waals surface area (Å²) in [6, 6.07) is 12.8. The Labute approximate surface area is 186 Å². The zero-order valence-electron chi connectivity index (χ0n) is 18.0. The highest BCUT2D eigenvalue weighted by atomic mass is 16.2. The summed E-state index contributed by atoms with van der Waals surface area (Å²) in [5.41, 5.74) is 2.08. The van der Waals surface area contributed by atoms with Gasteiger partial charge in [-0.15, -0.1) is 6.58 Å². The van der Waals surface area contributed by atoms with Crippen LogP contribution in [0.1, 0.15) is 12.5 Å². The summed E-state index contributed by atoms with van der Waals surface area (Å²) in [4.78, 5) is 47.5. The molecule has 0 unspecified atom stereocenters. The Kier molecular flexibility index (Phi) is 6.02. The predicted molar refractivity (Wildman–Crippen MR) is 123 cm³/mol. The van der Waals surface area contributed by atoms with E-state index in [0.717, 1.165) is 5.82 Å². The molecule has 1 fully saturated rings. The van der Waals surface area contributed by atoms with Gasteiger partial charge in [0.2, 0.25) is 5.91 Å². The van der Waals surface area contributed by atoms with Crippen LogP contribution in [0.2, 0.25) is 0 Å². The van der Waals surface area contributed by atoms with Crippen molar-refractivity contribution in [2.24, 2.45) is 0 Å². The molecule has 3 amide bonds. The van der Waals surface area contributed by atoms with Gasteiger partial charge in [0.05, 0.1) is 5.57 Å². The number of pyridine rings is 1. The molecule has 1 aromatic carbocycles. The van der Waals surface area contributed by atoms with Crippen LogP contribution < -0.4 is 10.2 Å². The molecule has 0 aliphatic carbocycles. The fourth-order valence-corrected chi connectivity index (χ4v) is 4.04. The second-order valence-electron chi connectivity index (χ2n) is 7.65. The van der Waals surface area contributed by atoms with Crippen molar-refractivity contribution < 1.29 is 14.4 Å². The van der Waals surface area contributed by atoms with Gasteiger partial charge in [-0.2, -0.15) is 0 Å². The van der Waals surface area contributed by atoms with E-state index in [4.69, 9.17) is 0 Å². The smallest absolute Gasteiger partial charge is 0.278 e. The van der Waals surface area contributed by atoms with Crippen LogP contribution in [0.15, 0.2) is 67.0 Å².